The van der Waals surface area contributed by atoms with Gasteiger partial charge in [0.25, 0.3) is 0 Å². The summed E-state index contributed by atoms with van der Waals surface area (Å²) in [6.45, 7) is 4.87. The summed E-state index contributed by atoms with van der Waals surface area (Å²) >= 11 is 0. The molecule has 110 valence electrons. The highest BCUT2D eigenvalue weighted by Crippen LogP contribution is 2.07. The lowest BCUT2D eigenvalue weighted by atomic mass is 10.2. The number of rotatable bonds is 6. The average Bonchev–Trinajstić information content (AvgIpc) is 2.50. The molecule has 0 saturated carbocycles. The van der Waals surface area contributed by atoms with Gasteiger partial charge in [0.05, 0.1) is 12.2 Å². The van der Waals surface area contributed by atoms with E-state index < -0.39 is 0 Å². The molecule has 0 atom stereocenters. The smallest absolute Gasteiger partial charge is 0.339 e. The van der Waals surface area contributed by atoms with Crippen LogP contribution in [-0.2, 0) is 11.2 Å². The molecule has 0 aliphatic carbocycles. The Morgan fingerprint density at radius 2 is 2.05 bits per heavy atom. The van der Waals surface area contributed by atoms with E-state index in [1.165, 1.54) is 11.8 Å². The van der Waals surface area contributed by atoms with Crippen LogP contribution in [-0.4, -0.2) is 29.1 Å². The lowest BCUT2D eigenvalue weighted by Crippen LogP contribution is -2.08. The van der Waals surface area contributed by atoms with E-state index in [-0.39, 0.29) is 5.97 Å². The number of anilines is 1. The van der Waals surface area contributed by atoms with E-state index in [0.29, 0.717) is 12.2 Å². The Kier molecular flexibility index (Phi) is 5.26. The van der Waals surface area contributed by atoms with Crippen LogP contribution >= 0.6 is 0 Å². The summed E-state index contributed by atoms with van der Waals surface area (Å²) < 4.78 is 4.91. The molecule has 0 aliphatic heterocycles. The van der Waals surface area contributed by atoms with Crippen LogP contribution in [0.15, 0.2) is 36.7 Å². The van der Waals surface area contributed by atoms with Crippen molar-refractivity contribution in [1.82, 2.24) is 9.97 Å². The van der Waals surface area contributed by atoms with E-state index in [1.807, 2.05) is 19.2 Å². The van der Waals surface area contributed by atoms with Crippen LogP contribution in [0.3, 0.4) is 0 Å². The number of esters is 1. The first-order valence-electron chi connectivity index (χ1n) is 6.97. The summed E-state index contributed by atoms with van der Waals surface area (Å²) in [5.74, 6) is 0.394. The number of aromatic nitrogens is 2. The number of hydrogen-bond acceptors (Lipinski definition) is 5. The highest BCUT2D eigenvalue weighted by molar-refractivity contribution is 5.89. The number of nitrogens with zero attached hydrogens (tertiary/aromatic N) is 2. The fourth-order valence-corrected chi connectivity index (χ4v) is 1.81. The molecule has 0 fully saturated rings. The van der Waals surface area contributed by atoms with Gasteiger partial charge < -0.3 is 10.1 Å². The number of hydrogen-bond donors (Lipinski definition) is 1. The molecule has 0 aromatic carbocycles. The van der Waals surface area contributed by atoms with E-state index in [1.54, 1.807) is 19.1 Å². The van der Waals surface area contributed by atoms with Gasteiger partial charge in [-0.3, -0.25) is 4.98 Å². The lowest BCUT2D eigenvalue weighted by molar-refractivity contribution is 0.0526. The lowest BCUT2D eigenvalue weighted by Gasteiger charge is -2.06. The molecule has 2 rings (SSSR count). The highest BCUT2D eigenvalue weighted by Gasteiger charge is 2.06. The molecule has 0 bridgehead atoms. The first kappa shape index (κ1) is 15.0. The van der Waals surface area contributed by atoms with Crippen molar-refractivity contribution >= 4 is 11.8 Å². The molecule has 2 heterocycles. The summed E-state index contributed by atoms with van der Waals surface area (Å²) in [7, 11) is 0. The topological polar surface area (TPSA) is 64.1 Å². The van der Waals surface area contributed by atoms with Crippen LogP contribution in [0.25, 0.3) is 0 Å². The van der Waals surface area contributed by atoms with Crippen molar-refractivity contribution in [2.24, 2.45) is 0 Å². The first-order valence-corrected chi connectivity index (χ1v) is 6.97. The van der Waals surface area contributed by atoms with Crippen molar-refractivity contribution in [3.05, 3.63) is 53.5 Å². The van der Waals surface area contributed by atoms with Crippen LogP contribution in [0.2, 0.25) is 0 Å². The number of nitrogens with one attached hydrogen (secondary N) is 1. The van der Waals surface area contributed by atoms with Crippen molar-refractivity contribution in [2.45, 2.75) is 20.3 Å². The molecule has 5 heteroatoms. The number of pyridine rings is 2. The minimum Gasteiger partial charge on any atom is -0.462 e. The average molecular weight is 285 g/mol. The number of carbonyl (C=O) groups excluding carboxylic acids is 1. The standard InChI is InChI=1S/C16H19N3O2/c1-3-21-16(20)14-6-7-15(19-11-14)17-9-8-13-5-4-12(2)18-10-13/h4-7,10-11H,3,8-9H2,1-2H3,(H,17,19). The molecule has 2 aromatic heterocycles. The first-order chi connectivity index (χ1) is 10.2. The van der Waals surface area contributed by atoms with Gasteiger partial charge in [-0.25, -0.2) is 9.78 Å². The Morgan fingerprint density at radius 3 is 2.67 bits per heavy atom. The zero-order valence-corrected chi connectivity index (χ0v) is 12.3. The van der Waals surface area contributed by atoms with Crippen molar-refractivity contribution in [3.8, 4) is 0 Å². The van der Waals surface area contributed by atoms with E-state index in [0.717, 1.165) is 24.5 Å². The van der Waals surface area contributed by atoms with E-state index >= 15 is 0 Å². The molecule has 0 amide bonds. The summed E-state index contributed by atoms with van der Waals surface area (Å²) in [5, 5.41) is 3.21. The fourth-order valence-electron chi connectivity index (χ4n) is 1.81. The van der Waals surface area contributed by atoms with Gasteiger partial charge in [-0.05, 0) is 44.0 Å². The molecule has 0 radical (unpaired) electrons. The van der Waals surface area contributed by atoms with Gasteiger partial charge in [0, 0.05) is 24.6 Å². The van der Waals surface area contributed by atoms with Gasteiger partial charge in [0.15, 0.2) is 0 Å². The normalized spacial score (nSPS) is 10.2. The molecule has 0 unspecified atom stereocenters. The van der Waals surface area contributed by atoms with Gasteiger partial charge >= 0.3 is 5.97 Å². The van der Waals surface area contributed by atoms with Crippen molar-refractivity contribution in [3.63, 3.8) is 0 Å². The van der Waals surface area contributed by atoms with Gasteiger partial charge in [-0.15, -0.1) is 0 Å². The summed E-state index contributed by atoms with van der Waals surface area (Å²) in [4.78, 5) is 20.0. The van der Waals surface area contributed by atoms with Gasteiger partial charge in [-0.1, -0.05) is 6.07 Å². The zero-order chi connectivity index (χ0) is 15.1. The third-order valence-electron chi connectivity index (χ3n) is 2.97. The third-order valence-corrected chi connectivity index (χ3v) is 2.97. The third kappa shape index (κ3) is 4.56. The maximum Gasteiger partial charge on any atom is 0.339 e. The molecule has 0 spiro atoms. The van der Waals surface area contributed by atoms with Gasteiger partial charge in [-0.2, -0.15) is 0 Å². The summed E-state index contributed by atoms with van der Waals surface area (Å²) in [5.41, 5.74) is 2.66. The van der Waals surface area contributed by atoms with Crippen LogP contribution in [0, 0.1) is 6.92 Å². The van der Waals surface area contributed by atoms with E-state index in [2.05, 4.69) is 21.4 Å². The Morgan fingerprint density at radius 1 is 1.19 bits per heavy atom. The Bertz CT molecular complexity index is 579. The molecule has 2 aromatic rings. The second-order valence-electron chi connectivity index (χ2n) is 4.64. The van der Waals surface area contributed by atoms with E-state index in [4.69, 9.17) is 4.74 Å². The predicted molar refractivity (Wildman–Crippen MR) is 81.4 cm³/mol. The predicted octanol–water partition coefficient (Wildman–Crippen LogP) is 2.62. The quantitative estimate of drug-likeness (QED) is 0.827. The maximum atomic E-state index is 11.5. The Balaban J connectivity index is 1.83. The van der Waals surface area contributed by atoms with E-state index in [9.17, 15) is 4.79 Å². The Hall–Kier alpha value is -2.43. The van der Waals surface area contributed by atoms with Crippen molar-refractivity contribution in [1.29, 1.82) is 0 Å². The fraction of sp³-hybridized carbons (Fsp3) is 0.312. The van der Waals surface area contributed by atoms with Crippen LogP contribution in [0.5, 0.6) is 0 Å². The number of ether oxygens (including phenoxy) is 1. The van der Waals surface area contributed by atoms with Gasteiger partial charge in [0.1, 0.15) is 5.82 Å². The molecular weight excluding hydrogens is 266 g/mol. The molecule has 5 nitrogen and oxygen atoms in total. The molecule has 1 N–H and O–H groups in total. The molecular formula is C16H19N3O2. The molecule has 21 heavy (non-hydrogen) atoms. The van der Waals surface area contributed by atoms with Crippen molar-refractivity contribution < 1.29 is 9.53 Å². The minimum absolute atomic E-state index is 0.345. The monoisotopic (exact) mass is 285 g/mol. The molecule has 0 aliphatic rings. The van der Waals surface area contributed by atoms with Crippen LogP contribution < -0.4 is 5.32 Å². The minimum atomic E-state index is -0.345. The van der Waals surface area contributed by atoms with Gasteiger partial charge in [0.2, 0.25) is 0 Å². The van der Waals surface area contributed by atoms with Crippen LogP contribution in [0.4, 0.5) is 5.82 Å². The SMILES string of the molecule is CCOC(=O)c1ccc(NCCc2ccc(C)nc2)nc1. The number of carbonyl (C=O) groups is 1. The largest absolute Gasteiger partial charge is 0.462 e. The number of aryl methyl sites for hydroxylation is 1. The second kappa shape index (κ2) is 7.38. The highest BCUT2D eigenvalue weighted by atomic mass is 16.5. The second-order valence-corrected chi connectivity index (χ2v) is 4.64. The molecule has 0 saturated heterocycles. The maximum absolute atomic E-state index is 11.5. The zero-order valence-electron chi connectivity index (χ0n) is 12.3. The van der Waals surface area contributed by atoms with Crippen LogP contribution in [0.1, 0.15) is 28.5 Å². The van der Waals surface area contributed by atoms with Crippen molar-refractivity contribution in [2.75, 3.05) is 18.5 Å². The Labute approximate surface area is 124 Å². The summed E-state index contributed by atoms with van der Waals surface area (Å²) in [6, 6.07) is 7.56. The summed E-state index contributed by atoms with van der Waals surface area (Å²) in [6.07, 6.45) is 4.27.